The van der Waals surface area contributed by atoms with Gasteiger partial charge < -0.3 is 14.6 Å². The van der Waals surface area contributed by atoms with Crippen LogP contribution in [0.3, 0.4) is 0 Å². The lowest BCUT2D eigenvalue weighted by Crippen LogP contribution is -2.37. The van der Waals surface area contributed by atoms with E-state index < -0.39 is 23.6 Å². The summed E-state index contributed by atoms with van der Waals surface area (Å²) in [5, 5.41) is 9.36. The molecule has 1 saturated carbocycles. The number of fused-ring (bicyclic) bond motifs is 1. The number of hydrogen-bond acceptors (Lipinski definition) is 5. The van der Waals surface area contributed by atoms with Crippen molar-refractivity contribution in [1.82, 2.24) is 0 Å². The number of aliphatic carboxylic acids is 1. The number of methoxy groups -OCH3 is 2. The summed E-state index contributed by atoms with van der Waals surface area (Å²) in [5.41, 5.74) is 0. The molecule has 0 bridgehead atoms. The van der Waals surface area contributed by atoms with E-state index in [1.54, 1.807) is 6.07 Å². The number of ether oxygens (including phenoxy) is 2. The van der Waals surface area contributed by atoms with Crippen LogP contribution in [0.1, 0.15) is 22.5 Å². The van der Waals surface area contributed by atoms with Gasteiger partial charge in [-0.05, 0) is 18.9 Å². The number of halogens is 1. The van der Waals surface area contributed by atoms with Crippen molar-refractivity contribution in [1.29, 1.82) is 0 Å². The van der Waals surface area contributed by atoms with Crippen molar-refractivity contribution in [2.75, 3.05) is 14.2 Å². The standard InChI is InChI=1S/C16H15FO5S/c1-21-10-6-11-9(13(17)15(10)22-2)5-12(23-11)14(18)7-3-4-8(7)16(19)20/h5-8H,3-4H2,1-2H3,(H,19,20). The molecular formula is C16H15FO5S. The van der Waals surface area contributed by atoms with E-state index in [4.69, 9.17) is 14.6 Å². The SMILES string of the molecule is COc1cc2sc(C(=O)C3CCC3C(=O)O)cc2c(F)c1OC. The Bertz CT molecular complexity index is 797. The molecule has 1 aliphatic rings. The van der Waals surface area contributed by atoms with E-state index in [0.29, 0.717) is 22.4 Å². The molecule has 23 heavy (non-hydrogen) atoms. The van der Waals surface area contributed by atoms with Gasteiger partial charge in [-0.25, -0.2) is 4.39 Å². The van der Waals surface area contributed by atoms with Crippen LogP contribution in [0.5, 0.6) is 11.5 Å². The summed E-state index contributed by atoms with van der Waals surface area (Å²) < 4.78 is 25.2. The van der Waals surface area contributed by atoms with Gasteiger partial charge in [0.25, 0.3) is 0 Å². The van der Waals surface area contributed by atoms with Crippen LogP contribution in [0.25, 0.3) is 10.1 Å². The number of carbonyl (C=O) groups is 2. The molecule has 1 fully saturated rings. The first-order chi connectivity index (χ1) is 11.0. The summed E-state index contributed by atoms with van der Waals surface area (Å²) in [4.78, 5) is 23.9. The topological polar surface area (TPSA) is 72.8 Å². The van der Waals surface area contributed by atoms with E-state index >= 15 is 0 Å². The van der Waals surface area contributed by atoms with Crippen molar-refractivity contribution >= 4 is 33.2 Å². The minimum absolute atomic E-state index is 0.0103. The Morgan fingerprint density at radius 3 is 2.43 bits per heavy atom. The number of hydrogen-bond donors (Lipinski definition) is 1. The molecule has 2 aromatic rings. The van der Waals surface area contributed by atoms with Gasteiger partial charge in [-0.2, -0.15) is 0 Å². The summed E-state index contributed by atoms with van der Waals surface area (Å²) in [6, 6.07) is 3.09. The maximum atomic E-state index is 14.5. The molecule has 2 unspecified atom stereocenters. The van der Waals surface area contributed by atoms with E-state index in [2.05, 4.69) is 0 Å². The van der Waals surface area contributed by atoms with Crippen LogP contribution in [0.2, 0.25) is 0 Å². The first-order valence-corrected chi connectivity index (χ1v) is 7.90. The van der Waals surface area contributed by atoms with Crippen LogP contribution in [0.15, 0.2) is 12.1 Å². The monoisotopic (exact) mass is 338 g/mol. The van der Waals surface area contributed by atoms with Gasteiger partial charge in [0.2, 0.25) is 0 Å². The molecule has 0 radical (unpaired) electrons. The van der Waals surface area contributed by atoms with Crippen LogP contribution < -0.4 is 9.47 Å². The van der Waals surface area contributed by atoms with Gasteiger partial charge in [0, 0.05) is 22.1 Å². The zero-order valence-corrected chi connectivity index (χ0v) is 13.4. The minimum atomic E-state index is -0.953. The molecule has 122 valence electrons. The molecule has 0 saturated heterocycles. The second kappa shape index (κ2) is 5.81. The van der Waals surface area contributed by atoms with Crippen molar-refractivity contribution in [2.45, 2.75) is 12.8 Å². The summed E-state index contributed by atoms with van der Waals surface area (Å²) >= 11 is 1.14. The highest BCUT2D eigenvalue weighted by Crippen LogP contribution is 2.42. The molecule has 1 aliphatic carbocycles. The fourth-order valence-corrected chi connectivity index (χ4v) is 3.94. The number of thiophene rings is 1. The van der Waals surface area contributed by atoms with Gasteiger partial charge >= 0.3 is 5.97 Å². The first-order valence-electron chi connectivity index (χ1n) is 7.09. The Balaban J connectivity index is 2.02. The number of rotatable bonds is 5. The summed E-state index contributed by atoms with van der Waals surface area (Å²) in [6.07, 6.45) is 1.06. The second-order valence-corrected chi connectivity index (χ2v) is 6.53. The largest absolute Gasteiger partial charge is 0.493 e. The third-order valence-corrected chi connectivity index (χ3v) is 5.37. The van der Waals surface area contributed by atoms with E-state index in [0.717, 1.165) is 11.3 Å². The molecule has 0 aliphatic heterocycles. The summed E-state index contributed by atoms with van der Waals surface area (Å²) in [7, 11) is 2.76. The minimum Gasteiger partial charge on any atom is -0.493 e. The predicted molar refractivity (Wildman–Crippen MR) is 83.1 cm³/mol. The van der Waals surface area contributed by atoms with Crippen LogP contribution in [-0.2, 0) is 4.79 Å². The third kappa shape index (κ3) is 2.45. The Hall–Kier alpha value is -2.15. The molecule has 3 rings (SSSR count). The van der Waals surface area contributed by atoms with Crippen molar-refractivity contribution in [2.24, 2.45) is 11.8 Å². The Morgan fingerprint density at radius 2 is 1.91 bits per heavy atom. The average Bonchev–Trinajstić information content (AvgIpc) is 2.89. The number of carbonyl (C=O) groups excluding carboxylic acids is 1. The van der Waals surface area contributed by atoms with E-state index in [1.807, 2.05) is 0 Å². The molecule has 2 atom stereocenters. The second-order valence-electron chi connectivity index (χ2n) is 5.44. The third-order valence-electron chi connectivity index (χ3n) is 4.28. The quantitative estimate of drug-likeness (QED) is 0.847. The van der Waals surface area contributed by atoms with Crippen molar-refractivity contribution in [3.8, 4) is 11.5 Å². The van der Waals surface area contributed by atoms with E-state index in [9.17, 15) is 14.0 Å². The molecule has 0 amide bonds. The van der Waals surface area contributed by atoms with Crippen molar-refractivity contribution in [3.05, 3.63) is 22.8 Å². The maximum Gasteiger partial charge on any atom is 0.307 e. The number of ketones is 1. The Labute approximate surface area is 135 Å². The lowest BCUT2D eigenvalue weighted by atomic mass is 9.71. The maximum absolute atomic E-state index is 14.5. The van der Waals surface area contributed by atoms with E-state index in [-0.39, 0.29) is 22.7 Å². The molecular weight excluding hydrogens is 323 g/mol. The lowest BCUT2D eigenvalue weighted by molar-refractivity contribution is -0.146. The van der Waals surface area contributed by atoms with Gasteiger partial charge in [0.15, 0.2) is 23.1 Å². The van der Waals surface area contributed by atoms with E-state index in [1.165, 1.54) is 20.3 Å². The fraction of sp³-hybridized carbons (Fsp3) is 0.375. The number of carboxylic acids is 1. The molecule has 7 heteroatoms. The van der Waals surface area contributed by atoms with Gasteiger partial charge in [-0.1, -0.05) is 0 Å². The predicted octanol–water partition coefficient (Wildman–Crippen LogP) is 3.35. The lowest BCUT2D eigenvalue weighted by Gasteiger charge is -2.31. The highest BCUT2D eigenvalue weighted by molar-refractivity contribution is 7.20. The molecule has 1 heterocycles. The summed E-state index contributed by atoms with van der Waals surface area (Å²) in [5.74, 6) is -2.68. The number of Topliss-reactive ketones (excluding diaryl/α,β-unsaturated/α-hetero) is 1. The highest BCUT2D eigenvalue weighted by Gasteiger charge is 2.42. The molecule has 5 nitrogen and oxygen atoms in total. The van der Waals surface area contributed by atoms with Crippen LogP contribution in [-0.4, -0.2) is 31.1 Å². The van der Waals surface area contributed by atoms with Crippen LogP contribution >= 0.6 is 11.3 Å². The van der Waals surface area contributed by atoms with Crippen LogP contribution in [0, 0.1) is 17.7 Å². The molecule has 1 N–H and O–H groups in total. The number of carboxylic acid groups (broad SMARTS) is 1. The normalized spacial score (nSPS) is 20.1. The van der Waals surface area contributed by atoms with Gasteiger partial charge in [-0.15, -0.1) is 11.3 Å². The van der Waals surface area contributed by atoms with Crippen molar-refractivity contribution < 1.29 is 28.6 Å². The van der Waals surface area contributed by atoms with Crippen LogP contribution in [0.4, 0.5) is 4.39 Å². The first kappa shape index (κ1) is 15.7. The zero-order valence-electron chi connectivity index (χ0n) is 12.6. The van der Waals surface area contributed by atoms with Crippen molar-refractivity contribution in [3.63, 3.8) is 0 Å². The van der Waals surface area contributed by atoms with Gasteiger partial charge in [0.1, 0.15) is 0 Å². The average molecular weight is 338 g/mol. The van der Waals surface area contributed by atoms with Gasteiger partial charge in [-0.3, -0.25) is 9.59 Å². The smallest absolute Gasteiger partial charge is 0.307 e. The number of benzene rings is 1. The Kier molecular flexibility index (Phi) is 3.97. The molecule has 0 spiro atoms. The zero-order chi connectivity index (χ0) is 16.7. The molecule has 1 aromatic heterocycles. The Morgan fingerprint density at radius 1 is 1.22 bits per heavy atom. The molecule has 1 aromatic carbocycles. The fourth-order valence-electron chi connectivity index (χ4n) is 2.85. The summed E-state index contributed by atoms with van der Waals surface area (Å²) in [6.45, 7) is 0. The van der Waals surface area contributed by atoms with Gasteiger partial charge in [0.05, 0.1) is 25.0 Å². The highest BCUT2D eigenvalue weighted by atomic mass is 32.1.